The smallest absolute Gasteiger partial charge is 0.0727 e. The van der Waals surface area contributed by atoms with Crippen molar-refractivity contribution < 1.29 is 5.11 Å². The Bertz CT molecular complexity index is 374. The molecule has 1 aliphatic heterocycles. The molecule has 4 heteroatoms. The summed E-state index contributed by atoms with van der Waals surface area (Å²) in [7, 11) is 0. The molecule has 2 atom stereocenters. The SMILES string of the molecule is CC1SCCC1(CO)Nc1ccccc1Br. The molecule has 2 nitrogen and oxygen atoms in total. The van der Waals surface area contributed by atoms with Gasteiger partial charge in [0.25, 0.3) is 0 Å². The number of halogens is 1. The number of anilines is 1. The monoisotopic (exact) mass is 301 g/mol. The summed E-state index contributed by atoms with van der Waals surface area (Å²) in [5.74, 6) is 1.11. The molecule has 1 aromatic carbocycles. The standard InChI is InChI=1S/C12H16BrNOS/c1-9-12(8-15,6-7-16-9)14-11-5-3-2-4-10(11)13/h2-5,9,14-15H,6-8H2,1H3. The third kappa shape index (κ3) is 2.24. The lowest BCUT2D eigenvalue weighted by Crippen LogP contribution is -2.46. The summed E-state index contributed by atoms with van der Waals surface area (Å²) < 4.78 is 1.05. The first-order valence-electron chi connectivity index (χ1n) is 5.43. The second-order valence-electron chi connectivity index (χ2n) is 4.18. The number of hydrogen-bond donors (Lipinski definition) is 2. The van der Waals surface area contributed by atoms with Crippen molar-refractivity contribution in [1.82, 2.24) is 0 Å². The van der Waals surface area contributed by atoms with Crippen LogP contribution in [0, 0.1) is 0 Å². The Hall–Kier alpha value is -0.190. The van der Waals surface area contributed by atoms with Gasteiger partial charge in [0.15, 0.2) is 0 Å². The summed E-state index contributed by atoms with van der Waals surface area (Å²) in [4.78, 5) is 0. The van der Waals surface area contributed by atoms with Crippen molar-refractivity contribution in [1.29, 1.82) is 0 Å². The van der Waals surface area contributed by atoms with Gasteiger partial charge in [-0.25, -0.2) is 0 Å². The molecule has 0 aromatic heterocycles. The van der Waals surface area contributed by atoms with Crippen LogP contribution in [-0.4, -0.2) is 28.3 Å². The van der Waals surface area contributed by atoms with Gasteiger partial charge in [-0.1, -0.05) is 19.1 Å². The average Bonchev–Trinajstić information content (AvgIpc) is 2.64. The first-order valence-corrected chi connectivity index (χ1v) is 7.27. The maximum Gasteiger partial charge on any atom is 0.0727 e. The topological polar surface area (TPSA) is 32.3 Å². The van der Waals surface area contributed by atoms with E-state index in [-0.39, 0.29) is 12.1 Å². The van der Waals surface area contributed by atoms with Crippen LogP contribution in [0.5, 0.6) is 0 Å². The summed E-state index contributed by atoms with van der Waals surface area (Å²) in [5, 5.41) is 13.6. The van der Waals surface area contributed by atoms with Gasteiger partial charge < -0.3 is 10.4 Å². The van der Waals surface area contributed by atoms with Crippen molar-refractivity contribution in [3.63, 3.8) is 0 Å². The normalized spacial score (nSPS) is 29.3. The Morgan fingerprint density at radius 3 is 2.88 bits per heavy atom. The zero-order valence-corrected chi connectivity index (χ0v) is 11.6. The minimum Gasteiger partial charge on any atom is -0.394 e. The molecule has 0 amide bonds. The van der Waals surface area contributed by atoms with Gasteiger partial charge in [0.1, 0.15) is 0 Å². The number of benzene rings is 1. The molecule has 0 aliphatic carbocycles. The van der Waals surface area contributed by atoms with Crippen molar-refractivity contribution in [2.75, 3.05) is 17.7 Å². The van der Waals surface area contributed by atoms with Crippen molar-refractivity contribution in [2.45, 2.75) is 24.1 Å². The molecule has 2 N–H and O–H groups in total. The molecule has 0 bridgehead atoms. The number of aliphatic hydroxyl groups excluding tert-OH is 1. The predicted molar refractivity (Wildman–Crippen MR) is 74.1 cm³/mol. The van der Waals surface area contributed by atoms with Crippen molar-refractivity contribution >= 4 is 33.4 Å². The van der Waals surface area contributed by atoms with Crippen LogP contribution in [0.1, 0.15) is 13.3 Å². The minimum atomic E-state index is -0.172. The third-order valence-corrected chi connectivity index (χ3v) is 5.32. The number of rotatable bonds is 3. The second kappa shape index (κ2) is 4.98. The van der Waals surface area contributed by atoms with Gasteiger partial charge in [-0.2, -0.15) is 11.8 Å². The van der Waals surface area contributed by atoms with Gasteiger partial charge in [-0.3, -0.25) is 0 Å². The van der Waals surface area contributed by atoms with Crippen LogP contribution in [0.4, 0.5) is 5.69 Å². The zero-order chi connectivity index (χ0) is 11.6. The Kier molecular flexibility index (Phi) is 3.82. The van der Waals surface area contributed by atoms with E-state index >= 15 is 0 Å². The van der Waals surface area contributed by atoms with Crippen molar-refractivity contribution in [3.05, 3.63) is 28.7 Å². The Morgan fingerprint density at radius 2 is 2.31 bits per heavy atom. The summed E-state index contributed by atoms with van der Waals surface area (Å²) in [5.41, 5.74) is 0.889. The molecule has 88 valence electrons. The molecule has 0 spiro atoms. The van der Waals surface area contributed by atoms with E-state index in [0.717, 1.165) is 22.3 Å². The quantitative estimate of drug-likeness (QED) is 0.900. The van der Waals surface area contributed by atoms with Crippen molar-refractivity contribution in [2.24, 2.45) is 0 Å². The zero-order valence-electron chi connectivity index (χ0n) is 9.24. The highest BCUT2D eigenvalue weighted by Gasteiger charge is 2.40. The molecule has 1 aromatic rings. The fraction of sp³-hybridized carbons (Fsp3) is 0.500. The fourth-order valence-electron chi connectivity index (χ4n) is 2.02. The highest BCUT2D eigenvalue weighted by molar-refractivity contribution is 9.10. The lowest BCUT2D eigenvalue weighted by Gasteiger charge is -2.33. The lowest BCUT2D eigenvalue weighted by molar-refractivity contribution is 0.212. The number of nitrogens with one attached hydrogen (secondary N) is 1. The molecule has 2 rings (SSSR count). The first kappa shape index (κ1) is 12.3. The molecular weight excluding hydrogens is 286 g/mol. The van der Waals surface area contributed by atoms with Gasteiger partial charge in [0.05, 0.1) is 12.1 Å². The largest absolute Gasteiger partial charge is 0.394 e. The summed E-state index contributed by atoms with van der Waals surface area (Å²) in [6, 6.07) is 8.05. The van der Waals surface area contributed by atoms with E-state index in [1.54, 1.807) is 0 Å². The Balaban J connectivity index is 2.22. The van der Waals surface area contributed by atoms with Gasteiger partial charge in [-0.15, -0.1) is 0 Å². The maximum atomic E-state index is 9.65. The van der Waals surface area contributed by atoms with Crippen LogP contribution < -0.4 is 5.32 Å². The van der Waals surface area contributed by atoms with E-state index in [1.807, 2.05) is 36.0 Å². The number of aliphatic hydroxyl groups is 1. The molecule has 1 aliphatic rings. The average molecular weight is 302 g/mol. The molecule has 16 heavy (non-hydrogen) atoms. The Morgan fingerprint density at radius 1 is 1.56 bits per heavy atom. The third-order valence-electron chi connectivity index (χ3n) is 3.23. The van der Waals surface area contributed by atoms with Gasteiger partial charge in [0.2, 0.25) is 0 Å². The minimum absolute atomic E-state index is 0.172. The van der Waals surface area contributed by atoms with Gasteiger partial charge in [-0.05, 0) is 40.2 Å². The molecule has 0 radical (unpaired) electrons. The number of hydrogen-bond acceptors (Lipinski definition) is 3. The first-order chi connectivity index (χ1) is 7.68. The van der Waals surface area contributed by atoms with Crippen LogP contribution in [-0.2, 0) is 0 Å². The summed E-state index contributed by atoms with van der Waals surface area (Å²) in [6.07, 6.45) is 1.01. The molecule has 2 unspecified atom stereocenters. The fourth-order valence-corrected chi connectivity index (χ4v) is 3.81. The van der Waals surface area contributed by atoms with E-state index in [1.165, 1.54) is 0 Å². The second-order valence-corrected chi connectivity index (χ2v) is 6.49. The lowest BCUT2D eigenvalue weighted by atomic mass is 9.93. The van der Waals surface area contributed by atoms with E-state index in [4.69, 9.17) is 0 Å². The molecule has 1 fully saturated rings. The van der Waals surface area contributed by atoms with Crippen molar-refractivity contribution in [3.8, 4) is 0 Å². The maximum absolute atomic E-state index is 9.65. The van der Waals surface area contributed by atoms with E-state index in [0.29, 0.717) is 5.25 Å². The van der Waals surface area contributed by atoms with E-state index in [2.05, 4.69) is 28.2 Å². The highest BCUT2D eigenvalue weighted by atomic mass is 79.9. The van der Waals surface area contributed by atoms with Gasteiger partial charge >= 0.3 is 0 Å². The molecular formula is C12H16BrNOS. The molecule has 1 heterocycles. The summed E-state index contributed by atoms with van der Waals surface area (Å²) >= 11 is 5.44. The molecule has 0 saturated carbocycles. The van der Waals surface area contributed by atoms with Crippen LogP contribution in [0.15, 0.2) is 28.7 Å². The molecule has 1 saturated heterocycles. The number of thioether (sulfide) groups is 1. The van der Waals surface area contributed by atoms with Gasteiger partial charge in [0, 0.05) is 15.4 Å². The number of para-hydroxylation sites is 1. The van der Waals surface area contributed by atoms with E-state index < -0.39 is 0 Å². The predicted octanol–water partition coefficient (Wildman–Crippen LogP) is 3.12. The highest BCUT2D eigenvalue weighted by Crippen LogP contribution is 2.39. The summed E-state index contributed by atoms with van der Waals surface area (Å²) in [6.45, 7) is 2.36. The van der Waals surface area contributed by atoms with Crippen LogP contribution >= 0.6 is 27.7 Å². The van der Waals surface area contributed by atoms with Crippen LogP contribution in [0.2, 0.25) is 0 Å². The Labute approximate surface area is 109 Å². The van der Waals surface area contributed by atoms with Crippen LogP contribution in [0.25, 0.3) is 0 Å². The van der Waals surface area contributed by atoms with Crippen LogP contribution in [0.3, 0.4) is 0 Å². The van der Waals surface area contributed by atoms with E-state index in [9.17, 15) is 5.11 Å².